The van der Waals surface area contributed by atoms with Crippen LogP contribution in [0.1, 0.15) is 0 Å². The lowest BCUT2D eigenvalue weighted by atomic mass is 9.92. The molecule has 0 spiro atoms. The minimum absolute atomic E-state index is 1.09. The molecule has 0 N–H and O–H groups in total. The van der Waals surface area contributed by atoms with Gasteiger partial charge in [0.05, 0.1) is 5.69 Å². The Labute approximate surface area is 322 Å². The summed E-state index contributed by atoms with van der Waals surface area (Å²) in [5, 5.41) is 7.53. The van der Waals surface area contributed by atoms with E-state index < -0.39 is 0 Å². The SMILES string of the molecule is c1ccc(-c2ccc(N(c3ccc(-c4cc5ccccc5c5ccccc45)cc3)c3ccccc3-c3ccc4ccccc4c3)cc2-c2ccccc2)cc1. The van der Waals surface area contributed by atoms with Gasteiger partial charge in [-0.15, -0.1) is 0 Å². The average molecular weight is 700 g/mol. The van der Waals surface area contributed by atoms with Crippen molar-refractivity contribution in [3.8, 4) is 44.5 Å². The molecule has 0 aliphatic heterocycles. The van der Waals surface area contributed by atoms with E-state index in [4.69, 9.17) is 0 Å². The van der Waals surface area contributed by atoms with E-state index in [2.05, 4.69) is 229 Å². The Balaban J connectivity index is 1.17. The predicted octanol–water partition coefficient (Wildman–Crippen LogP) is 15.3. The van der Waals surface area contributed by atoms with Crippen molar-refractivity contribution in [2.45, 2.75) is 0 Å². The summed E-state index contributed by atoms with van der Waals surface area (Å²) >= 11 is 0. The number of para-hydroxylation sites is 1. The molecule has 0 fully saturated rings. The second-order valence-electron chi connectivity index (χ2n) is 14.1. The van der Waals surface area contributed by atoms with Crippen molar-refractivity contribution in [1.82, 2.24) is 0 Å². The predicted molar refractivity (Wildman–Crippen MR) is 235 cm³/mol. The first-order valence-electron chi connectivity index (χ1n) is 18.9. The van der Waals surface area contributed by atoms with E-state index in [1.165, 1.54) is 76.8 Å². The van der Waals surface area contributed by atoms with Gasteiger partial charge in [0.2, 0.25) is 0 Å². The lowest BCUT2D eigenvalue weighted by molar-refractivity contribution is 1.28. The van der Waals surface area contributed by atoms with Crippen LogP contribution in [0.15, 0.2) is 224 Å². The van der Waals surface area contributed by atoms with Crippen LogP contribution in [0.25, 0.3) is 76.8 Å². The molecule has 0 atom stereocenters. The zero-order valence-electron chi connectivity index (χ0n) is 30.3. The van der Waals surface area contributed by atoms with Gasteiger partial charge >= 0.3 is 0 Å². The summed E-state index contributed by atoms with van der Waals surface area (Å²) in [6.45, 7) is 0. The molecule has 0 radical (unpaired) electrons. The Morgan fingerprint density at radius 3 is 1.55 bits per heavy atom. The molecular weight excluding hydrogens is 663 g/mol. The second-order valence-corrected chi connectivity index (χ2v) is 14.1. The molecular formula is C54H37N. The van der Waals surface area contributed by atoms with E-state index in [1.54, 1.807) is 0 Å². The van der Waals surface area contributed by atoms with Crippen LogP contribution in [0, 0.1) is 0 Å². The fourth-order valence-electron chi connectivity index (χ4n) is 8.18. The molecule has 0 saturated heterocycles. The highest BCUT2D eigenvalue weighted by Crippen LogP contribution is 2.45. The van der Waals surface area contributed by atoms with Crippen molar-refractivity contribution >= 4 is 49.4 Å². The maximum Gasteiger partial charge on any atom is 0.0540 e. The maximum absolute atomic E-state index is 2.42. The van der Waals surface area contributed by atoms with E-state index in [-0.39, 0.29) is 0 Å². The smallest absolute Gasteiger partial charge is 0.0540 e. The van der Waals surface area contributed by atoms with Gasteiger partial charge < -0.3 is 4.90 Å². The standard InChI is InChI=1S/C54H37N/c1-3-16-39(17-4-1)48-34-33-46(37-53(48)40-18-5-2-6-19-40)55(54-26-14-13-23-49(54)44-28-27-38-15-7-8-20-42(38)35-44)45-31-29-41(30-32-45)52-36-43-21-9-10-22-47(43)50-24-11-12-25-51(50)52/h1-37H. The fourth-order valence-corrected chi connectivity index (χ4v) is 8.18. The second kappa shape index (κ2) is 14.0. The third-order valence-electron chi connectivity index (χ3n) is 10.8. The van der Waals surface area contributed by atoms with Gasteiger partial charge in [0.15, 0.2) is 0 Å². The lowest BCUT2D eigenvalue weighted by Gasteiger charge is -2.29. The summed E-state index contributed by atoms with van der Waals surface area (Å²) < 4.78 is 0. The minimum Gasteiger partial charge on any atom is -0.310 e. The van der Waals surface area contributed by atoms with Crippen LogP contribution < -0.4 is 4.90 Å². The Morgan fingerprint density at radius 1 is 0.236 bits per heavy atom. The van der Waals surface area contributed by atoms with Crippen molar-refractivity contribution < 1.29 is 0 Å². The molecule has 0 aliphatic carbocycles. The highest BCUT2D eigenvalue weighted by molar-refractivity contribution is 6.13. The van der Waals surface area contributed by atoms with E-state index in [0.29, 0.717) is 0 Å². The van der Waals surface area contributed by atoms with Gasteiger partial charge in [0.1, 0.15) is 0 Å². The van der Waals surface area contributed by atoms with E-state index in [0.717, 1.165) is 17.1 Å². The maximum atomic E-state index is 2.42. The van der Waals surface area contributed by atoms with Crippen LogP contribution in [-0.2, 0) is 0 Å². The molecule has 55 heavy (non-hydrogen) atoms. The number of anilines is 3. The molecule has 258 valence electrons. The monoisotopic (exact) mass is 699 g/mol. The van der Waals surface area contributed by atoms with Gasteiger partial charge in [-0.25, -0.2) is 0 Å². The average Bonchev–Trinajstić information content (AvgIpc) is 3.27. The van der Waals surface area contributed by atoms with E-state index >= 15 is 0 Å². The summed E-state index contributed by atoms with van der Waals surface area (Å²) in [5.41, 5.74) is 12.9. The fraction of sp³-hybridized carbons (Fsp3) is 0. The highest BCUT2D eigenvalue weighted by atomic mass is 15.1. The number of hydrogen-bond acceptors (Lipinski definition) is 1. The molecule has 1 nitrogen and oxygen atoms in total. The summed E-state index contributed by atoms with van der Waals surface area (Å²) in [6, 6.07) is 81.5. The number of benzene rings is 10. The van der Waals surface area contributed by atoms with Crippen molar-refractivity contribution in [2.24, 2.45) is 0 Å². The molecule has 0 aliphatic rings. The van der Waals surface area contributed by atoms with Crippen LogP contribution in [0.4, 0.5) is 17.1 Å². The van der Waals surface area contributed by atoms with Gasteiger partial charge in [-0.1, -0.05) is 182 Å². The van der Waals surface area contributed by atoms with Gasteiger partial charge in [0.25, 0.3) is 0 Å². The minimum atomic E-state index is 1.09. The quantitative estimate of drug-likeness (QED) is 0.150. The summed E-state index contributed by atoms with van der Waals surface area (Å²) in [5.74, 6) is 0. The van der Waals surface area contributed by atoms with Crippen molar-refractivity contribution in [2.75, 3.05) is 4.90 Å². The van der Waals surface area contributed by atoms with Crippen LogP contribution in [0.5, 0.6) is 0 Å². The van der Waals surface area contributed by atoms with Crippen LogP contribution >= 0.6 is 0 Å². The first kappa shape index (κ1) is 32.4. The number of rotatable bonds is 7. The molecule has 0 bridgehead atoms. The first-order chi connectivity index (χ1) is 27.3. The molecule has 0 aromatic heterocycles. The Kier molecular flexibility index (Phi) is 8.24. The molecule has 1 heteroatoms. The zero-order valence-corrected chi connectivity index (χ0v) is 30.3. The molecule has 10 rings (SSSR count). The third kappa shape index (κ3) is 6.02. The van der Waals surface area contributed by atoms with Crippen molar-refractivity contribution in [3.05, 3.63) is 224 Å². The molecule has 10 aromatic carbocycles. The normalized spacial score (nSPS) is 11.3. The van der Waals surface area contributed by atoms with Crippen LogP contribution in [-0.4, -0.2) is 0 Å². The topological polar surface area (TPSA) is 3.24 Å². The molecule has 10 aromatic rings. The van der Waals surface area contributed by atoms with Crippen molar-refractivity contribution in [1.29, 1.82) is 0 Å². The Morgan fingerprint density at radius 2 is 0.782 bits per heavy atom. The van der Waals surface area contributed by atoms with Gasteiger partial charge in [0, 0.05) is 16.9 Å². The zero-order chi connectivity index (χ0) is 36.6. The van der Waals surface area contributed by atoms with Crippen LogP contribution in [0.2, 0.25) is 0 Å². The van der Waals surface area contributed by atoms with E-state index in [9.17, 15) is 0 Å². The van der Waals surface area contributed by atoms with Gasteiger partial charge in [-0.3, -0.25) is 0 Å². The summed E-state index contributed by atoms with van der Waals surface area (Å²) in [4.78, 5) is 2.42. The van der Waals surface area contributed by atoms with Gasteiger partial charge in [-0.05, 0) is 114 Å². The third-order valence-corrected chi connectivity index (χ3v) is 10.8. The number of fused-ring (bicyclic) bond motifs is 4. The van der Waals surface area contributed by atoms with Crippen molar-refractivity contribution in [3.63, 3.8) is 0 Å². The molecule has 0 heterocycles. The van der Waals surface area contributed by atoms with E-state index in [1.807, 2.05) is 0 Å². The first-order valence-corrected chi connectivity index (χ1v) is 18.9. The largest absolute Gasteiger partial charge is 0.310 e. The number of nitrogens with zero attached hydrogens (tertiary/aromatic N) is 1. The molecule has 0 saturated carbocycles. The summed E-state index contributed by atoms with van der Waals surface area (Å²) in [7, 11) is 0. The Bertz CT molecular complexity index is 2960. The lowest BCUT2D eigenvalue weighted by Crippen LogP contribution is -2.11. The Hall–Kier alpha value is -7.22. The number of hydrogen-bond donors (Lipinski definition) is 0. The summed E-state index contributed by atoms with van der Waals surface area (Å²) in [6.07, 6.45) is 0. The molecule has 0 amide bonds. The van der Waals surface area contributed by atoms with Crippen LogP contribution in [0.3, 0.4) is 0 Å². The van der Waals surface area contributed by atoms with Gasteiger partial charge in [-0.2, -0.15) is 0 Å². The highest BCUT2D eigenvalue weighted by Gasteiger charge is 2.20. The molecule has 0 unspecified atom stereocenters.